The number of rotatable bonds is 5. The van der Waals surface area contributed by atoms with Crippen LogP contribution in [-0.2, 0) is 16.0 Å². The first-order valence-electron chi connectivity index (χ1n) is 8.53. The van der Waals surface area contributed by atoms with E-state index in [0.717, 1.165) is 30.8 Å². The molecule has 2 aromatic rings. The van der Waals surface area contributed by atoms with Crippen LogP contribution in [0.3, 0.4) is 0 Å². The third-order valence-electron chi connectivity index (χ3n) is 4.24. The van der Waals surface area contributed by atoms with Gasteiger partial charge in [-0.1, -0.05) is 0 Å². The van der Waals surface area contributed by atoms with Crippen LogP contribution in [-0.4, -0.2) is 29.9 Å². The van der Waals surface area contributed by atoms with Crippen molar-refractivity contribution in [3.05, 3.63) is 40.7 Å². The monoisotopic (exact) mass is 376 g/mol. The normalized spacial score (nSPS) is 14.8. The molecule has 0 aliphatic carbocycles. The second-order valence-electron chi connectivity index (χ2n) is 6.30. The van der Waals surface area contributed by atoms with Crippen LogP contribution in [0.15, 0.2) is 24.4 Å². The van der Waals surface area contributed by atoms with E-state index in [0.29, 0.717) is 22.8 Å². The average Bonchev–Trinajstić information content (AvgIpc) is 3.04. The molecule has 0 bridgehead atoms. The molecule has 0 saturated carbocycles. The smallest absolute Gasteiger partial charge is 0.227 e. The molecule has 1 saturated heterocycles. The molecule has 2 amide bonds. The molecule has 3 rings (SSSR count). The lowest BCUT2D eigenvalue weighted by molar-refractivity contribution is -0.120. The summed E-state index contributed by atoms with van der Waals surface area (Å²) in [6.07, 6.45) is 3.69. The Morgan fingerprint density at radius 3 is 2.81 bits per heavy atom. The number of halogens is 1. The fourth-order valence-corrected chi connectivity index (χ4v) is 3.82. The molecule has 0 unspecified atom stereocenters. The van der Waals surface area contributed by atoms with Crippen molar-refractivity contribution in [3.8, 4) is 0 Å². The summed E-state index contributed by atoms with van der Waals surface area (Å²) in [7, 11) is 0. The molecule has 26 heavy (non-hydrogen) atoms. The van der Waals surface area contributed by atoms with Crippen molar-refractivity contribution in [2.24, 2.45) is 5.92 Å². The Morgan fingerprint density at radius 1 is 1.31 bits per heavy atom. The van der Waals surface area contributed by atoms with Crippen molar-refractivity contribution >= 4 is 34.0 Å². The van der Waals surface area contributed by atoms with Gasteiger partial charge in [-0.3, -0.25) is 9.59 Å². The Balaban J connectivity index is 1.74. The second-order valence-corrected chi connectivity index (χ2v) is 7.42. The van der Waals surface area contributed by atoms with Gasteiger partial charge < -0.3 is 16.0 Å². The van der Waals surface area contributed by atoms with Crippen LogP contribution in [0.2, 0.25) is 0 Å². The number of piperidine rings is 1. The number of anilines is 2. The lowest BCUT2D eigenvalue weighted by Crippen LogP contribution is -2.34. The summed E-state index contributed by atoms with van der Waals surface area (Å²) >= 11 is 1.33. The standard InChI is InChI=1S/C18H21FN4O2S/c1-11(24)22-18-21-10-15(26-18)9-13-8-14(19)2-3-16(13)23-17(25)12-4-6-20-7-5-12/h2-3,8,10,12,20H,4-7,9H2,1H3,(H,23,25)(H,21,22,24). The minimum Gasteiger partial charge on any atom is -0.326 e. The van der Waals surface area contributed by atoms with E-state index < -0.39 is 0 Å². The molecule has 0 atom stereocenters. The predicted molar refractivity (Wildman–Crippen MR) is 99.8 cm³/mol. The SMILES string of the molecule is CC(=O)Nc1ncc(Cc2cc(F)ccc2NC(=O)C2CCNCC2)s1. The van der Waals surface area contributed by atoms with Gasteiger partial charge in [-0.05, 0) is 49.7 Å². The maximum absolute atomic E-state index is 13.7. The molecule has 1 aliphatic heterocycles. The highest BCUT2D eigenvalue weighted by Gasteiger charge is 2.22. The molecular formula is C18H21FN4O2S. The summed E-state index contributed by atoms with van der Waals surface area (Å²) in [4.78, 5) is 28.6. The summed E-state index contributed by atoms with van der Waals surface area (Å²) in [5.74, 6) is -0.593. The van der Waals surface area contributed by atoms with Crippen molar-refractivity contribution in [2.45, 2.75) is 26.2 Å². The summed E-state index contributed by atoms with van der Waals surface area (Å²) in [6, 6.07) is 4.37. The van der Waals surface area contributed by atoms with Gasteiger partial charge in [-0.2, -0.15) is 0 Å². The van der Waals surface area contributed by atoms with Crippen molar-refractivity contribution in [1.29, 1.82) is 0 Å². The van der Waals surface area contributed by atoms with Gasteiger partial charge >= 0.3 is 0 Å². The first kappa shape index (κ1) is 18.5. The zero-order chi connectivity index (χ0) is 18.5. The highest BCUT2D eigenvalue weighted by atomic mass is 32.1. The van der Waals surface area contributed by atoms with Gasteiger partial charge in [0.05, 0.1) is 0 Å². The first-order valence-corrected chi connectivity index (χ1v) is 9.35. The van der Waals surface area contributed by atoms with Gasteiger partial charge in [0.2, 0.25) is 11.8 Å². The van der Waals surface area contributed by atoms with E-state index in [1.165, 1.54) is 30.4 Å². The summed E-state index contributed by atoms with van der Waals surface area (Å²) in [5.41, 5.74) is 1.30. The number of carbonyl (C=O) groups is 2. The highest BCUT2D eigenvalue weighted by molar-refractivity contribution is 7.15. The van der Waals surface area contributed by atoms with Gasteiger partial charge in [-0.25, -0.2) is 9.37 Å². The van der Waals surface area contributed by atoms with Crippen LogP contribution >= 0.6 is 11.3 Å². The van der Waals surface area contributed by atoms with Crippen LogP contribution < -0.4 is 16.0 Å². The van der Waals surface area contributed by atoms with Crippen LogP contribution in [0.5, 0.6) is 0 Å². The molecule has 1 fully saturated rings. The number of carbonyl (C=O) groups excluding carboxylic acids is 2. The third kappa shape index (κ3) is 4.86. The second kappa shape index (κ2) is 8.37. The van der Waals surface area contributed by atoms with Gasteiger partial charge in [0.15, 0.2) is 5.13 Å². The lowest BCUT2D eigenvalue weighted by atomic mass is 9.97. The van der Waals surface area contributed by atoms with E-state index in [2.05, 4.69) is 20.9 Å². The predicted octanol–water partition coefficient (Wildman–Crippen LogP) is 2.77. The van der Waals surface area contributed by atoms with E-state index in [4.69, 9.17) is 0 Å². The summed E-state index contributed by atoms with van der Waals surface area (Å²) in [6.45, 7) is 3.09. The van der Waals surface area contributed by atoms with Gasteiger partial charge in [0, 0.05) is 36.0 Å². The Labute approximate surface area is 155 Å². The van der Waals surface area contributed by atoms with Crippen molar-refractivity contribution in [3.63, 3.8) is 0 Å². The zero-order valence-electron chi connectivity index (χ0n) is 14.5. The number of nitrogens with zero attached hydrogens (tertiary/aromatic N) is 1. The molecular weight excluding hydrogens is 355 g/mol. The zero-order valence-corrected chi connectivity index (χ0v) is 15.3. The molecule has 0 spiro atoms. The number of hydrogen-bond acceptors (Lipinski definition) is 5. The van der Waals surface area contributed by atoms with E-state index in [-0.39, 0.29) is 23.5 Å². The van der Waals surface area contributed by atoms with Gasteiger partial charge in [0.25, 0.3) is 0 Å². The maximum Gasteiger partial charge on any atom is 0.227 e. The highest BCUT2D eigenvalue weighted by Crippen LogP contribution is 2.26. The number of aromatic nitrogens is 1. The van der Waals surface area contributed by atoms with Crippen molar-refractivity contribution < 1.29 is 14.0 Å². The van der Waals surface area contributed by atoms with E-state index in [9.17, 15) is 14.0 Å². The molecule has 1 aliphatic rings. The van der Waals surface area contributed by atoms with E-state index in [1.54, 1.807) is 12.3 Å². The summed E-state index contributed by atoms with van der Waals surface area (Å²) < 4.78 is 13.7. The molecule has 1 aromatic carbocycles. The summed E-state index contributed by atoms with van der Waals surface area (Å²) in [5, 5.41) is 9.32. The molecule has 138 valence electrons. The minimum atomic E-state index is -0.355. The van der Waals surface area contributed by atoms with Crippen LogP contribution in [0.1, 0.15) is 30.2 Å². The van der Waals surface area contributed by atoms with Crippen LogP contribution in [0.25, 0.3) is 0 Å². The lowest BCUT2D eigenvalue weighted by Gasteiger charge is -2.22. The third-order valence-corrected chi connectivity index (χ3v) is 5.15. The Morgan fingerprint density at radius 2 is 2.08 bits per heavy atom. The van der Waals surface area contributed by atoms with Gasteiger partial charge in [-0.15, -0.1) is 11.3 Å². The number of thiazole rings is 1. The molecule has 0 radical (unpaired) electrons. The quantitative estimate of drug-likeness (QED) is 0.749. The number of amides is 2. The van der Waals surface area contributed by atoms with E-state index in [1.807, 2.05) is 0 Å². The largest absolute Gasteiger partial charge is 0.326 e. The molecule has 6 nitrogen and oxygen atoms in total. The minimum absolute atomic E-state index is 0.0241. The Bertz CT molecular complexity index is 802. The Kier molecular flexibility index (Phi) is 5.95. The van der Waals surface area contributed by atoms with E-state index >= 15 is 0 Å². The average molecular weight is 376 g/mol. The molecule has 2 heterocycles. The number of nitrogens with one attached hydrogen (secondary N) is 3. The molecule has 3 N–H and O–H groups in total. The first-order chi connectivity index (χ1) is 12.5. The van der Waals surface area contributed by atoms with Crippen LogP contribution in [0, 0.1) is 11.7 Å². The maximum atomic E-state index is 13.7. The number of hydrogen-bond donors (Lipinski definition) is 3. The fraction of sp³-hybridized carbons (Fsp3) is 0.389. The Hall–Kier alpha value is -2.32. The topological polar surface area (TPSA) is 83.1 Å². The van der Waals surface area contributed by atoms with Crippen LogP contribution in [0.4, 0.5) is 15.2 Å². The fourth-order valence-electron chi connectivity index (χ4n) is 2.93. The van der Waals surface area contributed by atoms with Crippen molar-refractivity contribution in [2.75, 3.05) is 23.7 Å². The van der Waals surface area contributed by atoms with Gasteiger partial charge in [0.1, 0.15) is 5.82 Å². The number of benzene rings is 1. The molecule has 8 heteroatoms. The molecule has 1 aromatic heterocycles. The van der Waals surface area contributed by atoms with Crippen molar-refractivity contribution in [1.82, 2.24) is 10.3 Å².